The monoisotopic (exact) mass is 275 g/mol. The molecule has 0 aliphatic carbocycles. The maximum absolute atomic E-state index is 11.8. The summed E-state index contributed by atoms with van der Waals surface area (Å²) in [4.78, 5) is 28.0. The van der Waals surface area contributed by atoms with Gasteiger partial charge in [0.2, 0.25) is 0 Å². The summed E-state index contributed by atoms with van der Waals surface area (Å²) < 4.78 is 1.28. The van der Waals surface area contributed by atoms with Gasteiger partial charge in [-0.15, -0.1) is 0 Å². The van der Waals surface area contributed by atoms with Crippen LogP contribution in [0.4, 0.5) is 5.69 Å². The van der Waals surface area contributed by atoms with E-state index in [0.717, 1.165) is 0 Å². The molecule has 0 aromatic carbocycles. The summed E-state index contributed by atoms with van der Waals surface area (Å²) in [6.45, 7) is 0. The molecule has 8 nitrogen and oxygen atoms in total. The van der Waals surface area contributed by atoms with E-state index in [2.05, 4.69) is 10.1 Å². The molecule has 104 valence electrons. The van der Waals surface area contributed by atoms with Crippen LogP contribution in [0.2, 0.25) is 0 Å². The first kappa shape index (κ1) is 13.5. The molecule has 0 fully saturated rings. The summed E-state index contributed by atoms with van der Waals surface area (Å²) in [6.07, 6.45) is 1.50. The summed E-state index contributed by atoms with van der Waals surface area (Å²) in [5, 5.41) is 13.0. The fourth-order valence-electron chi connectivity index (χ4n) is 1.55. The zero-order valence-corrected chi connectivity index (χ0v) is 10.9. The van der Waals surface area contributed by atoms with Gasteiger partial charge in [-0.3, -0.25) is 4.79 Å². The number of anilines is 1. The number of nitrogen functional groups attached to an aromatic ring is 1. The minimum absolute atomic E-state index is 0.148. The van der Waals surface area contributed by atoms with Crippen LogP contribution in [-0.2, 0) is 0 Å². The smallest absolute Gasteiger partial charge is 0.354 e. The van der Waals surface area contributed by atoms with E-state index in [1.807, 2.05) is 0 Å². The average molecular weight is 275 g/mol. The molecule has 0 bridgehead atoms. The average Bonchev–Trinajstić information content (AvgIpc) is 2.87. The summed E-state index contributed by atoms with van der Waals surface area (Å²) >= 11 is 0. The molecule has 0 radical (unpaired) electrons. The van der Waals surface area contributed by atoms with Crippen LogP contribution in [0.5, 0.6) is 0 Å². The van der Waals surface area contributed by atoms with Crippen LogP contribution in [0.15, 0.2) is 24.4 Å². The molecule has 0 saturated heterocycles. The van der Waals surface area contributed by atoms with Crippen LogP contribution in [0, 0.1) is 0 Å². The van der Waals surface area contributed by atoms with Crippen molar-refractivity contribution in [2.75, 3.05) is 19.8 Å². The van der Waals surface area contributed by atoms with Crippen LogP contribution in [-0.4, -0.2) is 50.7 Å². The van der Waals surface area contributed by atoms with E-state index in [-0.39, 0.29) is 28.8 Å². The maximum atomic E-state index is 11.8. The van der Waals surface area contributed by atoms with Gasteiger partial charge in [-0.1, -0.05) is 0 Å². The Morgan fingerprint density at radius 2 is 1.95 bits per heavy atom. The summed E-state index contributed by atoms with van der Waals surface area (Å²) in [5.74, 6) is -1.26. The highest BCUT2D eigenvalue weighted by Crippen LogP contribution is 2.15. The number of nitrogens with two attached hydrogens (primary N) is 1. The Hall–Kier alpha value is -2.90. The molecule has 0 aliphatic heterocycles. The molecule has 20 heavy (non-hydrogen) atoms. The highest BCUT2D eigenvalue weighted by Gasteiger charge is 2.15. The van der Waals surface area contributed by atoms with E-state index >= 15 is 0 Å². The SMILES string of the molecule is CN(C)C(=O)c1ccn(-c2nc(C(=O)O)ccc2N)n1. The lowest BCUT2D eigenvalue weighted by molar-refractivity contribution is 0.0690. The minimum Gasteiger partial charge on any atom is -0.477 e. The molecule has 2 aromatic heterocycles. The number of aromatic carboxylic acids is 1. The molecule has 0 unspecified atom stereocenters. The van der Waals surface area contributed by atoms with E-state index < -0.39 is 5.97 Å². The van der Waals surface area contributed by atoms with E-state index in [1.54, 1.807) is 14.1 Å². The van der Waals surface area contributed by atoms with Gasteiger partial charge in [0.25, 0.3) is 5.91 Å². The fraction of sp³-hybridized carbons (Fsp3) is 0.167. The Morgan fingerprint density at radius 1 is 1.25 bits per heavy atom. The summed E-state index contributed by atoms with van der Waals surface area (Å²) in [6, 6.07) is 4.24. The van der Waals surface area contributed by atoms with Crippen molar-refractivity contribution in [2.45, 2.75) is 0 Å². The maximum Gasteiger partial charge on any atom is 0.354 e. The Bertz CT molecular complexity index is 677. The van der Waals surface area contributed by atoms with Crippen molar-refractivity contribution < 1.29 is 14.7 Å². The molecular weight excluding hydrogens is 262 g/mol. The Kier molecular flexibility index (Phi) is 3.38. The standard InChI is InChI=1S/C12H13N5O3/c1-16(2)11(18)8-5-6-17(15-8)10-7(13)3-4-9(14-10)12(19)20/h3-6H,13H2,1-2H3,(H,19,20). The van der Waals surface area contributed by atoms with Gasteiger partial charge in [0.1, 0.15) is 0 Å². The largest absolute Gasteiger partial charge is 0.477 e. The number of carboxylic acid groups (broad SMARTS) is 1. The molecule has 8 heteroatoms. The third-order valence-corrected chi connectivity index (χ3v) is 2.56. The number of carboxylic acids is 1. The quantitative estimate of drug-likeness (QED) is 0.829. The Morgan fingerprint density at radius 3 is 2.55 bits per heavy atom. The van der Waals surface area contributed by atoms with Crippen LogP contribution < -0.4 is 5.73 Å². The number of aromatic nitrogens is 3. The van der Waals surface area contributed by atoms with Crippen molar-refractivity contribution in [3.63, 3.8) is 0 Å². The second-order valence-corrected chi connectivity index (χ2v) is 4.26. The lowest BCUT2D eigenvalue weighted by Gasteiger charge is -2.07. The van der Waals surface area contributed by atoms with Crippen molar-refractivity contribution >= 4 is 17.6 Å². The van der Waals surface area contributed by atoms with Crippen LogP contribution in [0.3, 0.4) is 0 Å². The third-order valence-electron chi connectivity index (χ3n) is 2.56. The lowest BCUT2D eigenvalue weighted by atomic mass is 10.3. The highest BCUT2D eigenvalue weighted by molar-refractivity contribution is 5.92. The second-order valence-electron chi connectivity index (χ2n) is 4.26. The van der Waals surface area contributed by atoms with E-state index in [9.17, 15) is 9.59 Å². The first-order valence-electron chi connectivity index (χ1n) is 5.67. The lowest BCUT2D eigenvalue weighted by Crippen LogP contribution is -2.22. The van der Waals surface area contributed by atoms with Crippen molar-refractivity contribution in [1.29, 1.82) is 0 Å². The van der Waals surface area contributed by atoms with Gasteiger partial charge < -0.3 is 15.7 Å². The molecule has 2 rings (SSSR count). The van der Waals surface area contributed by atoms with Gasteiger partial charge in [-0.2, -0.15) is 5.10 Å². The van der Waals surface area contributed by atoms with Crippen LogP contribution >= 0.6 is 0 Å². The predicted octanol–water partition coefficient (Wildman–Crippen LogP) is 0.250. The molecule has 2 aromatic rings. The number of hydrogen-bond donors (Lipinski definition) is 2. The first-order chi connectivity index (χ1) is 9.40. The van der Waals surface area contributed by atoms with E-state index in [1.165, 1.54) is 34.0 Å². The van der Waals surface area contributed by atoms with Gasteiger partial charge in [-0.25, -0.2) is 14.5 Å². The topological polar surface area (TPSA) is 114 Å². The van der Waals surface area contributed by atoms with Gasteiger partial charge in [-0.05, 0) is 18.2 Å². The number of carbonyl (C=O) groups excluding carboxylic acids is 1. The van der Waals surface area contributed by atoms with Crippen molar-refractivity contribution in [1.82, 2.24) is 19.7 Å². The molecule has 0 atom stereocenters. The van der Waals surface area contributed by atoms with E-state index in [0.29, 0.717) is 0 Å². The number of rotatable bonds is 3. The molecule has 2 heterocycles. The molecule has 0 spiro atoms. The minimum atomic E-state index is -1.16. The number of hydrogen-bond acceptors (Lipinski definition) is 5. The van der Waals surface area contributed by atoms with Crippen molar-refractivity contribution in [2.24, 2.45) is 0 Å². The molecular formula is C12H13N5O3. The molecule has 3 N–H and O–H groups in total. The fourth-order valence-corrected chi connectivity index (χ4v) is 1.55. The van der Waals surface area contributed by atoms with Crippen LogP contribution in [0.1, 0.15) is 21.0 Å². The number of amides is 1. The molecule has 1 amide bonds. The van der Waals surface area contributed by atoms with Crippen LogP contribution in [0.25, 0.3) is 5.82 Å². The zero-order valence-electron chi connectivity index (χ0n) is 10.9. The van der Waals surface area contributed by atoms with E-state index in [4.69, 9.17) is 10.8 Å². The zero-order chi connectivity index (χ0) is 14.9. The van der Waals surface area contributed by atoms with Gasteiger partial charge in [0.05, 0.1) is 5.69 Å². The Balaban J connectivity index is 2.44. The number of nitrogens with zero attached hydrogens (tertiary/aromatic N) is 4. The second kappa shape index (κ2) is 5.00. The summed E-state index contributed by atoms with van der Waals surface area (Å²) in [5.41, 5.74) is 6.09. The predicted molar refractivity (Wildman–Crippen MR) is 70.7 cm³/mol. The molecule has 0 aliphatic rings. The van der Waals surface area contributed by atoms with Gasteiger partial charge in [0, 0.05) is 20.3 Å². The number of pyridine rings is 1. The van der Waals surface area contributed by atoms with Crippen molar-refractivity contribution in [3.8, 4) is 5.82 Å². The van der Waals surface area contributed by atoms with Gasteiger partial charge in [0.15, 0.2) is 17.2 Å². The normalized spacial score (nSPS) is 10.3. The van der Waals surface area contributed by atoms with Crippen molar-refractivity contribution in [3.05, 3.63) is 35.8 Å². The number of carbonyl (C=O) groups is 2. The third kappa shape index (κ3) is 2.44. The summed E-state index contributed by atoms with van der Waals surface area (Å²) in [7, 11) is 3.22. The molecule has 0 saturated carbocycles. The van der Waals surface area contributed by atoms with Gasteiger partial charge >= 0.3 is 5.97 Å². The highest BCUT2D eigenvalue weighted by atomic mass is 16.4. The first-order valence-corrected chi connectivity index (χ1v) is 5.67. The Labute approximate surface area is 114 Å².